The lowest BCUT2D eigenvalue weighted by Gasteiger charge is -2.05. The molecule has 1 aromatic carbocycles. The third-order valence-electron chi connectivity index (χ3n) is 5.36. The molecule has 0 heterocycles. The van der Waals surface area contributed by atoms with Crippen molar-refractivity contribution < 1.29 is 5.11 Å². The van der Waals surface area contributed by atoms with Gasteiger partial charge in [-0.3, -0.25) is 0 Å². The van der Waals surface area contributed by atoms with E-state index in [0.29, 0.717) is 4.90 Å². The van der Waals surface area contributed by atoms with Crippen LogP contribution in [0.5, 0.6) is 5.75 Å². The molecule has 26 heavy (non-hydrogen) atoms. The first-order valence-corrected chi connectivity index (χ1v) is 11.7. The Hall–Kier alpha value is -0.630. The topological polar surface area (TPSA) is 20.2 Å². The second-order valence-corrected chi connectivity index (χ2v) is 8.36. The van der Waals surface area contributed by atoms with Crippen LogP contribution in [0.3, 0.4) is 0 Å². The molecule has 0 amide bonds. The van der Waals surface area contributed by atoms with Gasteiger partial charge in [0.25, 0.3) is 0 Å². The van der Waals surface area contributed by atoms with Gasteiger partial charge in [0, 0.05) is 4.90 Å². The molecule has 0 aliphatic heterocycles. The Morgan fingerprint density at radius 1 is 0.654 bits per heavy atom. The summed E-state index contributed by atoms with van der Waals surface area (Å²) in [5.74, 6) is 0.282. The van der Waals surface area contributed by atoms with Crippen molar-refractivity contribution in [3.63, 3.8) is 0 Å². The lowest BCUT2D eigenvalue weighted by atomic mass is 10.0. The largest absolute Gasteiger partial charge is 0.507 e. The monoisotopic (exact) mass is 378 g/mol. The van der Waals surface area contributed by atoms with Crippen LogP contribution in [0.1, 0.15) is 115 Å². The van der Waals surface area contributed by atoms with E-state index in [1.165, 1.54) is 108 Å². The van der Waals surface area contributed by atoms with Crippen molar-refractivity contribution in [1.29, 1.82) is 0 Å². The summed E-state index contributed by atoms with van der Waals surface area (Å²) in [4.78, 5) is 0.694. The number of hydrogen-bond acceptors (Lipinski definition) is 2. The zero-order chi connectivity index (χ0) is 18.9. The molecule has 0 radical (unpaired) electrons. The maximum Gasteiger partial charge on any atom is 0.128 e. The van der Waals surface area contributed by atoms with Gasteiger partial charge >= 0.3 is 0 Å². The molecular weight excluding hydrogens is 336 g/mol. The standard InChI is InChI=1S/C24H42OS/c1-2-3-4-5-6-7-8-9-10-11-12-13-14-15-16-17-18-22-19-20-23(25)24(26)21-22/h19-21,25-26H,2-18H2,1H3. The Bertz CT molecular complexity index is 444. The Kier molecular flexibility index (Phi) is 14.9. The van der Waals surface area contributed by atoms with Gasteiger partial charge in [0.15, 0.2) is 0 Å². The predicted octanol–water partition coefficient (Wildman–Crippen LogP) is 8.48. The Labute approximate surface area is 168 Å². The molecule has 150 valence electrons. The van der Waals surface area contributed by atoms with Gasteiger partial charge in [-0.05, 0) is 30.5 Å². The average Bonchev–Trinajstić information content (AvgIpc) is 2.64. The highest BCUT2D eigenvalue weighted by atomic mass is 32.1. The molecule has 1 nitrogen and oxygen atoms in total. The quantitative estimate of drug-likeness (QED) is 0.206. The minimum absolute atomic E-state index is 0.282. The van der Waals surface area contributed by atoms with Crippen molar-refractivity contribution in [1.82, 2.24) is 0 Å². The van der Waals surface area contributed by atoms with Gasteiger partial charge in [-0.2, -0.15) is 0 Å². The van der Waals surface area contributed by atoms with Crippen LogP contribution in [0.4, 0.5) is 0 Å². The SMILES string of the molecule is CCCCCCCCCCCCCCCCCCc1ccc(O)c(S)c1. The summed E-state index contributed by atoms with van der Waals surface area (Å²) in [5, 5.41) is 9.48. The minimum atomic E-state index is 0.282. The number of phenols is 1. The van der Waals surface area contributed by atoms with Crippen molar-refractivity contribution in [3.8, 4) is 5.75 Å². The van der Waals surface area contributed by atoms with Gasteiger partial charge in [0.1, 0.15) is 5.75 Å². The molecule has 0 bridgehead atoms. The highest BCUT2D eigenvalue weighted by molar-refractivity contribution is 7.80. The summed E-state index contributed by atoms with van der Waals surface area (Å²) >= 11 is 4.27. The molecule has 0 fully saturated rings. The fourth-order valence-electron chi connectivity index (χ4n) is 3.60. The number of unbranched alkanes of at least 4 members (excludes halogenated alkanes) is 15. The van der Waals surface area contributed by atoms with Crippen LogP contribution < -0.4 is 0 Å². The Balaban J connectivity index is 1.79. The zero-order valence-corrected chi connectivity index (χ0v) is 18.0. The van der Waals surface area contributed by atoms with E-state index in [2.05, 4.69) is 19.6 Å². The van der Waals surface area contributed by atoms with Crippen LogP contribution in [0, 0.1) is 0 Å². The van der Waals surface area contributed by atoms with Gasteiger partial charge in [-0.15, -0.1) is 12.6 Å². The molecule has 0 aliphatic rings. The average molecular weight is 379 g/mol. The highest BCUT2D eigenvalue weighted by Crippen LogP contribution is 2.23. The van der Waals surface area contributed by atoms with E-state index >= 15 is 0 Å². The summed E-state index contributed by atoms with van der Waals surface area (Å²) in [6.07, 6.45) is 23.7. The molecule has 0 saturated carbocycles. The van der Waals surface area contributed by atoms with E-state index in [9.17, 15) is 5.11 Å². The second-order valence-electron chi connectivity index (χ2n) is 7.88. The fourth-order valence-corrected chi connectivity index (χ4v) is 3.84. The van der Waals surface area contributed by atoms with E-state index < -0.39 is 0 Å². The smallest absolute Gasteiger partial charge is 0.128 e. The molecule has 1 aromatic rings. The second kappa shape index (κ2) is 16.5. The van der Waals surface area contributed by atoms with Gasteiger partial charge < -0.3 is 5.11 Å². The van der Waals surface area contributed by atoms with Crippen molar-refractivity contribution in [2.75, 3.05) is 0 Å². The van der Waals surface area contributed by atoms with Crippen molar-refractivity contribution >= 4 is 12.6 Å². The van der Waals surface area contributed by atoms with Gasteiger partial charge in [-0.1, -0.05) is 109 Å². The maximum absolute atomic E-state index is 9.48. The Morgan fingerprint density at radius 2 is 1.08 bits per heavy atom. The number of thiol groups is 1. The summed E-state index contributed by atoms with van der Waals surface area (Å²) in [6.45, 7) is 2.29. The lowest BCUT2D eigenvalue weighted by molar-refractivity contribution is 0.462. The van der Waals surface area contributed by atoms with E-state index in [4.69, 9.17) is 0 Å². The van der Waals surface area contributed by atoms with Crippen LogP contribution in [-0.4, -0.2) is 5.11 Å². The van der Waals surface area contributed by atoms with Crippen LogP contribution in [0.15, 0.2) is 23.1 Å². The van der Waals surface area contributed by atoms with Gasteiger partial charge in [0.05, 0.1) is 0 Å². The number of hydrogen-bond donors (Lipinski definition) is 2. The van der Waals surface area contributed by atoms with E-state index in [1.807, 2.05) is 12.1 Å². The molecule has 0 aromatic heterocycles. The number of phenolic OH excluding ortho intramolecular Hbond substituents is 1. The van der Waals surface area contributed by atoms with Crippen LogP contribution in [-0.2, 0) is 6.42 Å². The predicted molar refractivity (Wildman–Crippen MR) is 119 cm³/mol. The number of benzene rings is 1. The van der Waals surface area contributed by atoms with Crippen LogP contribution in [0.25, 0.3) is 0 Å². The molecule has 0 atom stereocenters. The van der Waals surface area contributed by atoms with E-state index in [-0.39, 0.29) is 5.75 Å². The summed E-state index contributed by atoms with van der Waals surface area (Å²) in [5.41, 5.74) is 1.29. The Morgan fingerprint density at radius 3 is 1.50 bits per heavy atom. The molecule has 0 spiro atoms. The van der Waals surface area contributed by atoms with Gasteiger partial charge in [0.2, 0.25) is 0 Å². The maximum atomic E-state index is 9.48. The fraction of sp³-hybridized carbons (Fsp3) is 0.750. The highest BCUT2D eigenvalue weighted by Gasteiger charge is 1.99. The molecule has 1 N–H and O–H groups in total. The zero-order valence-electron chi connectivity index (χ0n) is 17.1. The third kappa shape index (κ3) is 12.7. The summed E-state index contributed by atoms with van der Waals surface area (Å²) in [7, 11) is 0. The molecule has 0 saturated heterocycles. The molecule has 0 aliphatic carbocycles. The molecular formula is C24H42OS. The van der Waals surface area contributed by atoms with Crippen molar-refractivity contribution in [2.24, 2.45) is 0 Å². The normalized spacial score (nSPS) is 11.2. The summed E-state index contributed by atoms with van der Waals surface area (Å²) in [6, 6.07) is 5.76. The molecule has 1 rings (SSSR count). The third-order valence-corrected chi connectivity index (χ3v) is 5.72. The first kappa shape index (κ1) is 23.4. The number of rotatable bonds is 17. The molecule has 0 unspecified atom stereocenters. The number of aromatic hydroxyl groups is 1. The van der Waals surface area contributed by atoms with Gasteiger partial charge in [-0.25, -0.2) is 0 Å². The van der Waals surface area contributed by atoms with Crippen LogP contribution >= 0.6 is 12.6 Å². The van der Waals surface area contributed by atoms with Crippen molar-refractivity contribution in [2.45, 2.75) is 121 Å². The van der Waals surface area contributed by atoms with Crippen molar-refractivity contribution in [3.05, 3.63) is 23.8 Å². The number of aryl methyl sites for hydroxylation is 1. The molecule has 2 heteroatoms. The lowest BCUT2D eigenvalue weighted by Crippen LogP contribution is -1.87. The minimum Gasteiger partial charge on any atom is -0.507 e. The first-order valence-electron chi connectivity index (χ1n) is 11.2. The first-order chi connectivity index (χ1) is 12.7. The van der Waals surface area contributed by atoms with E-state index in [1.54, 1.807) is 6.07 Å². The van der Waals surface area contributed by atoms with Crippen LogP contribution in [0.2, 0.25) is 0 Å². The summed E-state index contributed by atoms with van der Waals surface area (Å²) < 4.78 is 0. The van der Waals surface area contributed by atoms with E-state index in [0.717, 1.165) is 6.42 Å².